The van der Waals surface area contributed by atoms with Gasteiger partial charge in [0.1, 0.15) is 0 Å². The standard InChI is InChI=1S/C12H15BrClNO2S/c1-12(2)7-15(6-8(5-13)17-12)11(16)9-3-4-10(14)18-9/h3-4,8H,5-7H2,1-2H3. The van der Waals surface area contributed by atoms with Crippen molar-refractivity contribution in [2.45, 2.75) is 25.6 Å². The SMILES string of the molecule is CC1(C)CN(C(=O)c2ccc(Cl)s2)CC(CBr)O1. The van der Waals surface area contributed by atoms with Gasteiger partial charge < -0.3 is 9.64 Å². The Morgan fingerprint density at radius 3 is 2.94 bits per heavy atom. The summed E-state index contributed by atoms with van der Waals surface area (Å²) in [5, 5.41) is 0.728. The third kappa shape index (κ3) is 3.26. The van der Waals surface area contributed by atoms with Crippen molar-refractivity contribution >= 4 is 44.8 Å². The lowest BCUT2D eigenvalue weighted by Gasteiger charge is -2.42. The molecule has 2 heterocycles. The van der Waals surface area contributed by atoms with E-state index in [0.717, 1.165) is 5.33 Å². The molecule has 0 spiro atoms. The van der Waals surface area contributed by atoms with Crippen LogP contribution in [0.25, 0.3) is 0 Å². The second-order valence-electron chi connectivity index (χ2n) is 4.94. The second-order valence-corrected chi connectivity index (χ2v) is 7.31. The van der Waals surface area contributed by atoms with Gasteiger partial charge in [-0.15, -0.1) is 11.3 Å². The van der Waals surface area contributed by atoms with E-state index in [1.165, 1.54) is 11.3 Å². The van der Waals surface area contributed by atoms with Crippen LogP contribution in [0.1, 0.15) is 23.5 Å². The summed E-state index contributed by atoms with van der Waals surface area (Å²) in [6, 6.07) is 3.54. The molecule has 18 heavy (non-hydrogen) atoms. The molecule has 1 atom stereocenters. The van der Waals surface area contributed by atoms with Crippen LogP contribution in [0.3, 0.4) is 0 Å². The van der Waals surface area contributed by atoms with Gasteiger partial charge in [-0.05, 0) is 26.0 Å². The third-order valence-corrected chi connectivity index (χ3v) is 4.67. The fourth-order valence-electron chi connectivity index (χ4n) is 2.12. The summed E-state index contributed by atoms with van der Waals surface area (Å²) in [5.74, 6) is 0.0363. The van der Waals surface area contributed by atoms with Crippen LogP contribution in [-0.4, -0.2) is 40.9 Å². The number of amides is 1. The lowest BCUT2D eigenvalue weighted by Crippen LogP contribution is -2.55. The molecule has 0 aliphatic carbocycles. The fraction of sp³-hybridized carbons (Fsp3) is 0.583. The van der Waals surface area contributed by atoms with Gasteiger partial charge in [-0.1, -0.05) is 27.5 Å². The van der Waals surface area contributed by atoms with Gasteiger partial charge in [0, 0.05) is 18.4 Å². The van der Waals surface area contributed by atoms with E-state index in [1.807, 2.05) is 18.7 Å². The van der Waals surface area contributed by atoms with Crippen molar-refractivity contribution in [2.24, 2.45) is 0 Å². The molecule has 1 aliphatic heterocycles. The van der Waals surface area contributed by atoms with Crippen LogP contribution in [0, 0.1) is 0 Å². The van der Waals surface area contributed by atoms with E-state index in [9.17, 15) is 4.79 Å². The molecule has 1 amide bonds. The van der Waals surface area contributed by atoms with Gasteiger partial charge in [-0.25, -0.2) is 0 Å². The monoisotopic (exact) mass is 351 g/mol. The van der Waals surface area contributed by atoms with Crippen LogP contribution in [-0.2, 0) is 4.74 Å². The smallest absolute Gasteiger partial charge is 0.264 e. The lowest BCUT2D eigenvalue weighted by atomic mass is 10.1. The van der Waals surface area contributed by atoms with Crippen molar-refractivity contribution in [3.8, 4) is 0 Å². The number of nitrogens with zero attached hydrogens (tertiary/aromatic N) is 1. The van der Waals surface area contributed by atoms with E-state index in [4.69, 9.17) is 16.3 Å². The Kier molecular flexibility index (Phi) is 4.36. The number of halogens is 2. The molecule has 1 aromatic heterocycles. The molecule has 1 aromatic rings. The van der Waals surface area contributed by atoms with Gasteiger partial charge in [-0.3, -0.25) is 4.79 Å². The van der Waals surface area contributed by atoms with Gasteiger partial charge in [0.25, 0.3) is 5.91 Å². The highest BCUT2D eigenvalue weighted by Gasteiger charge is 2.35. The highest BCUT2D eigenvalue weighted by molar-refractivity contribution is 9.09. The van der Waals surface area contributed by atoms with Crippen molar-refractivity contribution in [2.75, 3.05) is 18.4 Å². The van der Waals surface area contributed by atoms with Gasteiger partial charge in [0.15, 0.2) is 0 Å². The minimum absolute atomic E-state index is 0.0353. The first-order valence-electron chi connectivity index (χ1n) is 5.70. The average molecular weight is 353 g/mol. The number of hydrogen-bond acceptors (Lipinski definition) is 3. The van der Waals surface area contributed by atoms with E-state index < -0.39 is 0 Å². The topological polar surface area (TPSA) is 29.5 Å². The Morgan fingerprint density at radius 1 is 1.67 bits per heavy atom. The molecule has 2 rings (SSSR count). The molecule has 1 unspecified atom stereocenters. The Morgan fingerprint density at radius 2 is 2.39 bits per heavy atom. The summed E-state index contributed by atoms with van der Waals surface area (Å²) in [5.41, 5.74) is -0.312. The zero-order chi connectivity index (χ0) is 13.3. The summed E-state index contributed by atoms with van der Waals surface area (Å²) in [7, 11) is 0. The van der Waals surface area contributed by atoms with Crippen LogP contribution < -0.4 is 0 Å². The molecule has 0 N–H and O–H groups in total. The summed E-state index contributed by atoms with van der Waals surface area (Å²) < 4.78 is 6.52. The molecule has 1 aliphatic rings. The highest BCUT2D eigenvalue weighted by Crippen LogP contribution is 2.27. The van der Waals surface area contributed by atoms with Gasteiger partial charge in [0.2, 0.25) is 0 Å². The maximum atomic E-state index is 12.4. The number of thiophene rings is 1. The fourth-order valence-corrected chi connectivity index (χ4v) is 3.46. The third-order valence-electron chi connectivity index (χ3n) is 2.72. The normalized spacial score (nSPS) is 23.1. The number of carbonyl (C=O) groups excluding carboxylic acids is 1. The molecule has 100 valence electrons. The van der Waals surface area contributed by atoms with Crippen LogP contribution in [0.15, 0.2) is 12.1 Å². The van der Waals surface area contributed by atoms with Gasteiger partial charge >= 0.3 is 0 Å². The maximum absolute atomic E-state index is 12.4. The molecular weight excluding hydrogens is 338 g/mol. The van der Waals surface area contributed by atoms with Crippen LogP contribution in [0.5, 0.6) is 0 Å². The minimum Gasteiger partial charge on any atom is -0.368 e. The minimum atomic E-state index is -0.312. The van der Waals surface area contributed by atoms with E-state index in [0.29, 0.717) is 22.3 Å². The summed E-state index contributed by atoms with van der Waals surface area (Å²) in [6.07, 6.45) is 0.0353. The molecule has 0 bridgehead atoms. The number of morpholine rings is 1. The second kappa shape index (κ2) is 5.49. The molecule has 0 aromatic carbocycles. The Hall–Kier alpha value is -0.100. The van der Waals surface area contributed by atoms with Crippen LogP contribution in [0.4, 0.5) is 0 Å². The van der Waals surface area contributed by atoms with Crippen molar-refractivity contribution in [1.82, 2.24) is 4.90 Å². The number of rotatable bonds is 2. The number of carbonyl (C=O) groups is 1. The summed E-state index contributed by atoms with van der Waals surface area (Å²) >= 11 is 10.6. The van der Waals surface area contributed by atoms with Crippen molar-refractivity contribution in [1.29, 1.82) is 0 Å². The quantitative estimate of drug-likeness (QED) is 0.763. The molecular formula is C12H15BrClNO2S. The summed E-state index contributed by atoms with van der Waals surface area (Å²) in [6.45, 7) is 5.22. The molecule has 1 fully saturated rings. The zero-order valence-corrected chi connectivity index (χ0v) is 13.4. The molecule has 6 heteroatoms. The number of alkyl halides is 1. The average Bonchev–Trinajstić information content (AvgIpc) is 2.72. The largest absolute Gasteiger partial charge is 0.368 e. The Bertz CT molecular complexity index is 449. The van der Waals surface area contributed by atoms with E-state index in [1.54, 1.807) is 12.1 Å². The highest BCUT2D eigenvalue weighted by atomic mass is 79.9. The van der Waals surface area contributed by atoms with Gasteiger partial charge in [-0.2, -0.15) is 0 Å². The predicted octanol–water partition coefficient (Wildman–Crippen LogP) is 3.42. The summed E-state index contributed by atoms with van der Waals surface area (Å²) in [4.78, 5) is 14.9. The van der Waals surface area contributed by atoms with E-state index in [2.05, 4.69) is 15.9 Å². The Labute approximate surface area is 124 Å². The van der Waals surface area contributed by atoms with Crippen LogP contribution >= 0.6 is 38.9 Å². The van der Waals surface area contributed by atoms with Crippen LogP contribution in [0.2, 0.25) is 4.34 Å². The molecule has 1 saturated heterocycles. The first-order valence-corrected chi connectivity index (χ1v) is 8.01. The van der Waals surface area contributed by atoms with Crippen molar-refractivity contribution < 1.29 is 9.53 Å². The van der Waals surface area contributed by atoms with Crippen molar-refractivity contribution in [3.05, 3.63) is 21.3 Å². The molecule has 0 radical (unpaired) electrons. The number of ether oxygens (including phenoxy) is 1. The van der Waals surface area contributed by atoms with Crippen molar-refractivity contribution in [3.63, 3.8) is 0 Å². The first kappa shape index (κ1) is 14.3. The molecule has 3 nitrogen and oxygen atoms in total. The molecule has 0 saturated carbocycles. The van der Waals surface area contributed by atoms with Gasteiger partial charge in [0.05, 0.1) is 20.9 Å². The zero-order valence-electron chi connectivity index (χ0n) is 10.3. The number of hydrogen-bond donors (Lipinski definition) is 0. The lowest BCUT2D eigenvalue weighted by molar-refractivity contribution is -0.116. The maximum Gasteiger partial charge on any atom is 0.264 e. The first-order chi connectivity index (χ1) is 8.41. The Balaban J connectivity index is 2.14. The van der Waals surface area contributed by atoms with E-state index in [-0.39, 0.29) is 17.6 Å². The van der Waals surface area contributed by atoms with E-state index >= 15 is 0 Å². The predicted molar refractivity (Wildman–Crippen MR) is 78.0 cm³/mol.